The molecule has 1 aromatic rings. The molecule has 2 rings (SSSR count). The van der Waals surface area contributed by atoms with Gasteiger partial charge in [0.05, 0.1) is 18.2 Å². The van der Waals surface area contributed by atoms with Crippen molar-refractivity contribution in [1.29, 1.82) is 0 Å². The van der Waals surface area contributed by atoms with Gasteiger partial charge in [-0.3, -0.25) is 4.79 Å². The second-order valence-electron chi connectivity index (χ2n) is 6.89. The molecule has 0 saturated carbocycles. The first kappa shape index (κ1) is 19.7. The topological polar surface area (TPSA) is 70.1 Å². The molecule has 0 spiro atoms. The Bertz CT molecular complexity index is 663. The molecule has 1 aliphatic heterocycles. The van der Waals surface area contributed by atoms with Gasteiger partial charge in [-0.05, 0) is 39.0 Å². The minimum Gasteiger partial charge on any atom is -0.444 e. The van der Waals surface area contributed by atoms with Crippen LogP contribution in [0.5, 0.6) is 0 Å². The SMILES string of the molecule is CC(C)(C)OC(=O)N1CCN(C(=O)c2ccc(Br)cc2F)C(CO)C1. The van der Waals surface area contributed by atoms with Crippen molar-refractivity contribution in [3.63, 3.8) is 0 Å². The summed E-state index contributed by atoms with van der Waals surface area (Å²) >= 11 is 3.15. The van der Waals surface area contributed by atoms with E-state index in [0.29, 0.717) is 4.47 Å². The molecule has 1 unspecified atom stereocenters. The van der Waals surface area contributed by atoms with Crippen molar-refractivity contribution in [2.75, 3.05) is 26.2 Å². The molecule has 0 bridgehead atoms. The van der Waals surface area contributed by atoms with Crippen molar-refractivity contribution in [2.45, 2.75) is 32.4 Å². The van der Waals surface area contributed by atoms with Gasteiger partial charge in [-0.15, -0.1) is 0 Å². The minimum atomic E-state index is -0.634. The van der Waals surface area contributed by atoms with Crippen molar-refractivity contribution in [1.82, 2.24) is 9.80 Å². The lowest BCUT2D eigenvalue weighted by molar-refractivity contribution is -0.00255. The number of piperazine rings is 1. The van der Waals surface area contributed by atoms with Crippen LogP contribution in [-0.2, 0) is 4.74 Å². The number of nitrogens with zero attached hydrogens (tertiary/aromatic N) is 2. The van der Waals surface area contributed by atoms with Crippen LogP contribution in [0.4, 0.5) is 9.18 Å². The number of hydrogen-bond acceptors (Lipinski definition) is 4. The number of hydrogen-bond donors (Lipinski definition) is 1. The number of benzene rings is 1. The monoisotopic (exact) mass is 416 g/mol. The molecule has 0 aromatic heterocycles. The van der Waals surface area contributed by atoms with Gasteiger partial charge in [0.25, 0.3) is 5.91 Å². The van der Waals surface area contributed by atoms with Gasteiger partial charge in [0.1, 0.15) is 11.4 Å². The first-order valence-corrected chi connectivity index (χ1v) is 8.76. The van der Waals surface area contributed by atoms with E-state index in [-0.39, 0.29) is 31.8 Å². The van der Waals surface area contributed by atoms with E-state index in [9.17, 15) is 19.1 Å². The molecule has 1 N–H and O–H groups in total. The Morgan fingerprint density at radius 1 is 1.36 bits per heavy atom. The van der Waals surface area contributed by atoms with Crippen molar-refractivity contribution >= 4 is 27.9 Å². The lowest BCUT2D eigenvalue weighted by Crippen LogP contribution is -2.58. The maximum atomic E-state index is 14.1. The van der Waals surface area contributed by atoms with E-state index in [4.69, 9.17) is 4.74 Å². The van der Waals surface area contributed by atoms with E-state index < -0.39 is 29.5 Å². The second kappa shape index (κ2) is 7.70. The largest absolute Gasteiger partial charge is 0.444 e. The Kier molecular flexibility index (Phi) is 6.05. The quantitative estimate of drug-likeness (QED) is 0.804. The number of carbonyl (C=O) groups is 2. The summed E-state index contributed by atoms with van der Waals surface area (Å²) in [5.41, 5.74) is -0.688. The molecular weight excluding hydrogens is 395 g/mol. The number of aliphatic hydroxyl groups is 1. The van der Waals surface area contributed by atoms with Gasteiger partial charge in [-0.1, -0.05) is 15.9 Å². The first-order chi connectivity index (χ1) is 11.6. The summed E-state index contributed by atoms with van der Waals surface area (Å²) < 4.78 is 19.9. The lowest BCUT2D eigenvalue weighted by atomic mass is 10.1. The minimum absolute atomic E-state index is 0.0626. The van der Waals surface area contributed by atoms with E-state index >= 15 is 0 Å². The molecule has 25 heavy (non-hydrogen) atoms. The number of amides is 2. The molecule has 8 heteroatoms. The van der Waals surface area contributed by atoms with Crippen LogP contribution in [-0.4, -0.2) is 64.8 Å². The first-order valence-electron chi connectivity index (χ1n) is 7.97. The molecule has 2 amide bonds. The van der Waals surface area contributed by atoms with Crippen molar-refractivity contribution in [2.24, 2.45) is 0 Å². The molecule has 138 valence electrons. The highest BCUT2D eigenvalue weighted by molar-refractivity contribution is 9.10. The third-order valence-electron chi connectivity index (χ3n) is 3.77. The van der Waals surface area contributed by atoms with Crippen LogP contribution in [0.2, 0.25) is 0 Å². The Morgan fingerprint density at radius 3 is 2.60 bits per heavy atom. The highest BCUT2D eigenvalue weighted by Crippen LogP contribution is 2.20. The zero-order valence-electron chi connectivity index (χ0n) is 14.5. The molecule has 1 atom stereocenters. The van der Waals surface area contributed by atoms with Crippen LogP contribution in [0.3, 0.4) is 0 Å². The lowest BCUT2D eigenvalue weighted by Gasteiger charge is -2.41. The third kappa shape index (κ3) is 4.92. The molecule has 1 saturated heterocycles. The van der Waals surface area contributed by atoms with Gasteiger partial charge in [0.2, 0.25) is 0 Å². The second-order valence-corrected chi connectivity index (χ2v) is 7.80. The van der Waals surface area contributed by atoms with Crippen molar-refractivity contribution < 1.29 is 23.8 Å². The summed E-state index contributed by atoms with van der Waals surface area (Å²) in [7, 11) is 0. The number of carbonyl (C=O) groups excluding carboxylic acids is 2. The molecule has 1 heterocycles. The fraction of sp³-hybridized carbons (Fsp3) is 0.529. The molecule has 0 radical (unpaired) electrons. The molecule has 1 aromatic carbocycles. The smallest absolute Gasteiger partial charge is 0.410 e. The number of rotatable bonds is 2. The van der Waals surface area contributed by atoms with Crippen molar-refractivity contribution in [3.8, 4) is 0 Å². The normalized spacial score (nSPS) is 18.2. The highest BCUT2D eigenvalue weighted by atomic mass is 79.9. The number of aliphatic hydroxyl groups excluding tert-OH is 1. The number of ether oxygens (including phenoxy) is 1. The predicted molar refractivity (Wildman–Crippen MR) is 93.8 cm³/mol. The molecular formula is C17H22BrFN2O4. The van der Waals surface area contributed by atoms with Crippen LogP contribution in [0, 0.1) is 5.82 Å². The van der Waals surface area contributed by atoms with Gasteiger partial charge in [0, 0.05) is 24.1 Å². The molecule has 6 nitrogen and oxygen atoms in total. The zero-order chi connectivity index (χ0) is 18.8. The van der Waals surface area contributed by atoms with Crippen LogP contribution in [0.1, 0.15) is 31.1 Å². The fourth-order valence-corrected chi connectivity index (χ4v) is 2.92. The van der Waals surface area contributed by atoms with E-state index in [1.54, 1.807) is 26.8 Å². The third-order valence-corrected chi connectivity index (χ3v) is 4.26. The van der Waals surface area contributed by atoms with Crippen LogP contribution in [0.15, 0.2) is 22.7 Å². The fourth-order valence-electron chi connectivity index (χ4n) is 2.59. The molecule has 1 fully saturated rings. The summed E-state index contributed by atoms with van der Waals surface area (Å²) in [6.45, 7) is 5.56. The number of halogens is 2. The Labute approximate surface area is 154 Å². The van der Waals surface area contributed by atoms with Gasteiger partial charge in [0.15, 0.2) is 0 Å². The molecule has 1 aliphatic rings. The summed E-state index contributed by atoms with van der Waals surface area (Å²) in [4.78, 5) is 27.6. The maximum Gasteiger partial charge on any atom is 0.410 e. The summed E-state index contributed by atoms with van der Waals surface area (Å²) in [6.07, 6.45) is -0.493. The molecule has 0 aliphatic carbocycles. The standard InChI is InChI=1S/C17H22BrFN2O4/c1-17(2,3)25-16(24)20-6-7-21(12(9-20)10-22)15(23)13-5-4-11(18)8-14(13)19/h4-5,8,12,22H,6-7,9-10H2,1-3H3. The van der Waals surface area contributed by atoms with Crippen LogP contribution < -0.4 is 0 Å². The Hall–Kier alpha value is -1.67. The summed E-state index contributed by atoms with van der Waals surface area (Å²) in [5, 5.41) is 9.63. The average molecular weight is 417 g/mol. The Balaban J connectivity index is 2.11. The summed E-state index contributed by atoms with van der Waals surface area (Å²) in [6, 6.07) is 3.59. The van der Waals surface area contributed by atoms with E-state index in [0.717, 1.165) is 0 Å². The highest BCUT2D eigenvalue weighted by Gasteiger charge is 2.35. The average Bonchev–Trinajstić information content (AvgIpc) is 2.52. The predicted octanol–water partition coefficient (Wildman–Crippen LogP) is 2.64. The van der Waals surface area contributed by atoms with Crippen LogP contribution >= 0.6 is 15.9 Å². The van der Waals surface area contributed by atoms with Crippen molar-refractivity contribution in [3.05, 3.63) is 34.1 Å². The Morgan fingerprint density at radius 2 is 2.04 bits per heavy atom. The van der Waals surface area contributed by atoms with Gasteiger partial charge in [-0.2, -0.15) is 0 Å². The van der Waals surface area contributed by atoms with Gasteiger partial charge >= 0.3 is 6.09 Å². The van der Waals surface area contributed by atoms with E-state index in [2.05, 4.69) is 15.9 Å². The van der Waals surface area contributed by atoms with Crippen LogP contribution in [0.25, 0.3) is 0 Å². The maximum absolute atomic E-state index is 14.1. The summed E-state index contributed by atoms with van der Waals surface area (Å²) in [5.74, 6) is -1.14. The van der Waals surface area contributed by atoms with E-state index in [1.807, 2.05) is 0 Å². The van der Waals surface area contributed by atoms with Gasteiger partial charge < -0.3 is 19.6 Å². The zero-order valence-corrected chi connectivity index (χ0v) is 16.0. The van der Waals surface area contributed by atoms with Gasteiger partial charge in [-0.25, -0.2) is 9.18 Å². The van der Waals surface area contributed by atoms with E-state index in [1.165, 1.54) is 21.9 Å².